The van der Waals surface area contributed by atoms with Crippen LogP contribution in [0.3, 0.4) is 0 Å². The maximum Gasteiger partial charge on any atom is 0.0623 e. The van der Waals surface area contributed by atoms with E-state index in [0.717, 1.165) is 10.8 Å². The Kier molecular flexibility index (Phi) is 6.22. The van der Waals surface area contributed by atoms with E-state index in [2.05, 4.69) is 164 Å². The van der Waals surface area contributed by atoms with Gasteiger partial charge < -0.3 is 0 Å². The summed E-state index contributed by atoms with van der Waals surface area (Å²) < 4.78 is 10.7. The molecule has 1 heteroatoms. The van der Waals surface area contributed by atoms with Crippen LogP contribution in [0, 0.1) is 0 Å². The molecule has 0 aliphatic rings. The first kappa shape index (κ1) is 27.0. The van der Waals surface area contributed by atoms with Crippen LogP contribution >= 0.6 is 11.3 Å². The van der Waals surface area contributed by atoms with Crippen LogP contribution < -0.4 is 0 Å². The molecule has 0 N–H and O–H groups in total. The summed E-state index contributed by atoms with van der Waals surface area (Å²) in [5.74, 6) is 0. The molecule has 1 heterocycles. The van der Waals surface area contributed by atoms with Crippen molar-refractivity contribution in [3.8, 4) is 44.5 Å². The normalized spacial score (nSPS) is 12.0. The Bertz CT molecular complexity index is 2860. The minimum absolute atomic E-state index is 0.536. The summed E-state index contributed by atoms with van der Waals surface area (Å²) in [6.07, 6.45) is 0. The van der Waals surface area contributed by atoms with Gasteiger partial charge in [-0.2, -0.15) is 0 Å². The van der Waals surface area contributed by atoms with E-state index in [4.69, 9.17) is 1.37 Å². The molecule has 0 aliphatic heterocycles. The lowest BCUT2D eigenvalue weighted by atomic mass is 9.85. The van der Waals surface area contributed by atoms with Crippen molar-refractivity contribution in [2.45, 2.75) is 0 Å². The van der Waals surface area contributed by atoms with Crippen molar-refractivity contribution in [3.05, 3.63) is 182 Å². The molecule has 0 bridgehead atoms. The Balaban J connectivity index is 1.14. The standard InChI is InChI=1S/C48H30S/c1-2-13-32(14-3-1)38-21-10-22-43-47-37(20-11-23-44(47)49-48(38)43)33-25-27-34(28-26-33)45-39-16-6-8-18-41(39)46(42-19-9-7-17-40(42)45)36-29-24-31-12-4-5-15-35(31)30-36/h1-30H/i4D. The zero-order valence-corrected chi connectivity index (χ0v) is 27.5. The Labute approximate surface area is 290 Å². The maximum atomic E-state index is 8.08. The van der Waals surface area contributed by atoms with E-state index in [1.807, 2.05) is 23.5 Å². The van der Waals surface area contributed by atoms with Crippen molar-refractivity contribution in [1.29, 1.82) is 0 Å². The second-order valence-corrected chi connectivity index (χ2v) is 13.8. The van der Waals surface area contributed by atoms with E-state index in [0.29, 0.717) is 6.04 Å². The monoisotopic (exact) mass is 639 g/mol. The van der Waals surface area contributed by atoms with Crippen molar-refractivity contribution in [3.63, 3.8) is 0 Å². The Morgan fingerprint density at radius 3 is 1.67 bits per heavy atom. The molecule has 0 saturated carbocycles. The van der Waals surface area contributed by atoms with Gasteiger partial charge >= 0.3 is 0 Å². The summed E-state index contributed by atoms with van der Waals surface area (Å²) in [5, 5.41) is 9.85. The van der Waals surface area contributed by atoms with Gasteiger partial charge in [-0.25, -0.2) is 0 Å². The van der Waals surface area contributed by atoms with Gasteiger partial charge in [-0.15, -0.1) is 11.3 Å². The zero-order chi connectivity index (χ0) is 33.2. The molecule has 0 atom stereocenters. The maximum absolute atomic E-state index is 8.08. The van der Waals surface area contributed by atoms with Crippen molar-refractivity contribution >= 4 is 63.8 Å². The molecule has 228 valence electrons. The minimum atomic E-state index is 0.536. The van der Waals surface area contributed by atoms with Crippen LogP contribution in [0.25, 0.3) is 97.0 Å². The first-order valence-corrected chi connectivity index (χ1v) is 17.6. The summed E-state index contributed by atoms with van der Waals surface area (Å²) in [4.78, 5) is 0. The SMILES string of the molecule is [2H]c1ccc2cc(-c3c4ccccc4c(-c4ccc(-c5cccc6sc7c(-c8ccccc8)cccc7c56)cc4)c4ccccc34)ccc2c1. The number of thiophene rings is 1. The lowest BCUT2D eigenvalue weighted by Crippen LogP contribution is -1.91. The third kappa shape index (κ3) is 4.51. The first-order valence-electron chi connectivity index (χ1n) is 17.3. The molecule has 0 saturated heterocycles. The molecule has 0 spiro atoms. The average molecular weight is 640 g/mol. The van der Waals surface area contributed by atoms with Crippen molar-refractivity contribution < 1.29 is 1.37 Å². The Morgan fingerprint density at radius 1 is 0.367 bits per heavy atom. The van der Waals surface area contributed by atoms with Crippen LogP contribution in [-0.2, 0) is 0 Å². The molecule has 0 amide bonds. The molecule has 0 radical (unpaired) electrons. The molecule has 0 nitrogen and oxygen atoms in total. The van der Waals surface area contributed by atoms with Crippen LogP contribution in [-0.4, -0.2) is 0 Å². The topological polar surface area (TPSA) is 0 Å². The molecule has 1 aromatic heterocycles. The van der Waals surface area contributed by atoms with Crippen molar-refractivity contribution in [2.75, 3.05) is 0 Å². The lowest BCUT2D eigenvalue weighted by molar-refractivity contribution is 1.64. The van der Waals surface area contributed by atoms with Crippen molar-refractivity contribution in [2.24, 2.45) is 0 Å². The molecule has 10 rings (SSSR count). The van der Waals surface area contributed by atoms with E-state index in [9.17, 15) is 0 Å². The second-order valence-electron chi connectivity index (χ2n) is 12.7. The second kappa shape index (κ2) is 11.3. The highest BCUT2D eigenvalue weighted by atomic mass is 32.1. The number of rotatable bonds is 4. The quantitative estimate of drug-likeness (QED) is 0.168. The van der Waals surface area contributed by atoms with Crippen LogP contribution in [0.15, 0.2) is 182 Å². The highest BCUT2D eigenvalue weighted by Crippen LogP contribution is 2.46. The van der Waals surface area contributed by atoms with E-state index in [-0.39, 0.29) is 0 Å². The molecule has 49 heavy (non-hydrogen) atoms. The van der Waals surface area contributed by atoms with Gasteiger partial charge in [0.05, 0.1) is 1.37 Å². The minimum Gasteiger partial charge on any atom is -0.135 e. The number of benzene rings is 9. The Hall–Kier alpha value is -6.02. The fourth-order valence-electron chi connectivity index (χ4n) is 7.78. The number of hydrogen-bond donors (Lipinski definition) is 0. The van der Waals surface area contributed by atoms with Gasteiger partial charge in [-0.05, 0) is 89.0 Å². The van der Waals surface area contributed by atoms with E-state index < -0.39 is 0 Å². The molecule has 0 fully saturated rings. The fourth-order valence-corrected chi connectivity index (χ4v) is 9.05. The van der Waals surface area contributed by atoms with Crippen LogP contribution in [0.2, 0.25) is 0 Å². The highest BCUT2D eigenvalue weighted by Gasteiger charge is 2.18. The Morgan fingerprint density at radius 2 is 0.939 bits per heavy atom. The molecule has 0 unspecified atom stereocenters. The first-order chi connectivity index (χ1) is 24.7. The largest absolute Gasteiger partial charge is 0.135 e. The summed E-state index contributed by atoms with van der Waals surface area (Å²) in [7, 11) is 0. The highest BCUT2D eigenvalue weighted by molar-refractivity contribution is 7.26. The van der Waals surface area contributed by atoms with Gasteiger partial charge in [-0.3, -0.25) is 0 Å². The van der Waals surface area contributed by atoms with Gasteiger partial charge in [0.2, 0.25) is 0 Å². The van der Waals surface area contributed by atoms with E-state index >= 15 is 0 Å². The molecular weight excluding hydrogens is 609 g/mol. The molecular formula is C48H30S. The predicted molar refractivity (Wildman–Crippen MR) is 214 cm³/mol. The van der Waals surface area contributed by atoms with E-state index in [1.54, 1.807) is 0 Å². The molecule has 10 aromatic rings. The van der Waals surface area contributed by atoms with Crippen LogP contribution in [0.1, 0.15) is 1.37 Å². The van der Waals surface area contributed by atoms with Crippen molar-refractivity contribution in [1.82, 2.24) is 0 Å². The molecule has 9 aromatic carbocycles. The third-order valence-electron chi connectivity index (χ3n) is 10.00. The van der Waals surface area contributed by atoms with Crippen LogP contribution in [0.4, 0.5) is 0 Å². The fraction of sp³-hybridized carbons (Fsp3) is 0. The number of hydrogen-bond acceptors (Lipinski definition) is 1. The van der Waals surface area contributed by atoms with Gasteiger partial charge in [0.25, 0.3) is 0 Å². The van der Waals surface area contributed by atoms with Gasteiger partial charge in [0.15, 0.2) is 0 Å². The summed E-state index contributed by atoms with van der Waals surface area (Å²) in [6, 6.07) is 64.1. The van der Waals surface area contributed by atoms with Gasteiger partial charge in [0, 0.05) is 20.2 Å². The summed E-state index contributed by atoms with van der Waals surface area (Å²) in [5.41, 5.74) is 9.95. The van der Waals surface area contributed by atoms with Gasteiger partial charge in [-0.1, -0.05) is 170 Å². The van der Waals surface area contributed by atoms with Gasteiger partial charge in [0.1, 0.15) is 0 Å². The average Bonchev–Trinajstić information content (AvgIpc) is 3.56. The third-order valence-corrected chi connectivity index (χ3v) is 11.2. The smallest absolute Gasteiger partial charge is 0.0623 e. The lowest BCUT2D eigenvalue weighted by Gasteiger charge is -2.18. The predicted octanol–water partition coefficient (Wildman–Crippen LogP) is 14.2. The van der Waals surface area contributed by atoms with E-state index in [1.165, 1.54) is 86.2 Å². The zero-order valence-electron chi connectivity index (χ0n) is 27.7. The number of fused-ring (bicyclic) bond motifs is 6. The molecule has 0 aliphatic carbocycles. The van der Waals surface area contributed by atoms with Crippen LogP contribution in [0.5, 0.6) is 0 Å². The summed E-state index contributed by atoms with van der Waals surface area (Å²) >= 11 is 1.89. The summed E-state index contributed by atoms with van der Waals surface area (Å²) in [6.45, 7) is 0.